The van der Waals surface area contributed by atoms with E-state index in [0.717, 1.165) is 38.9 Å². The maximum Gasteiger partial charge on any atom is 0.255 e. The van der Waals surface area contributed by atoms with E-state index in [1.165, 1.54) is 12.1 Å². The highest BCUT2D eigenvalue weighted by atomic mass is 19.1. The lowest BCUT2D eigenvalue weighted by Crippen LogP contribution is -2.31. The number of aromatic nitrogens is 1. The second-order valence-electron chi connectivity index (χ2n) is 9.39. The van der Waals surface area contributed by atoms with Gasteiger partial charge in [-0.15, -0.1) is 0 Å². The van der Waals surface area contributed by atoms with Crippen molar-refractivity contribution < 1.29 is 18.7 Å². The third kappa shape index (κ3) is 3.98. The van der Waals surface area contributed by atoms with Crippen LogP contribution in [0.4, 0.5) is 4.39 Å². The summed E-state index contributed by atoms with van der Waals surface area (Å²) < 4.78 is 24.7. The topological polar surface area (TPSA) is 54.6 Å². The van der Waals surface area contributed by atoms with Crippen LogP contribution in [0.3, 0.4) is 0 Å². The number of carbonyl (C=O) groups excluding carboxylic acids is 1. The van der Waals surface area contributed by atoms with Gasteiger partial charge in [-0.25, -0.2) is 4.39 Å². The lowest BCUT2D eigenvalue weighted by atomic mass is 9.93. The number of nitrogens with one attached hydrogen (secondary N) is 1. The lowest BCUT2D eigenvalue weighted by molar-refractivity contribution is 0.0753. The van der Waals surface area contributed by atoms with Gasteiger partial charge in [0.05, 0.1) is 26.0 Å². The number of ether oxygens (including phenoxy) is 2. The minimum absolute atomic E-state index is 0.00131. The molecule has 0 saturated heterocycles. The van der Waals surface area contributed by atoms with Crippen molar-refractivity contribution in [3.63, 3.8) is 0 Å². The highest BCUT2D eigenvalue weighted by Crippen LogP contribution is 2.45. The number of carbonyl (C=O) groups is 1. The first-order valence-electron chi connectivity index (χ1n) is 12.6. The summed E-state index contributed by atoms with van der Waals surface area (Å²) in [5.74, 6) is 1.04. The van der Waals surface area contributed by atoms with Gasteiger partial charge in [-0.2, -0.15) is 0 Å². The summed E-state index contributed by atoms with van der Waals surface area (Å²) in [4.78, 5) is 19.3. The molecule has 0 radical (unpaired) electrons. The predicted molar refractivity (Wildman–Crippen MR) is 146 cm³/mol. The molecule has 1 aromatic heterocycles. The highest BCUT2D eigenvalue weighted by molar-refractivity contribution is 6.02. The number of hydrogen-bond donors (Lipinski definition) is 1. The minimum atomic E-state index is -0.296. The average Bonchev–Trinajstić information content (AvgIpc) is 3.47. The Morgan fingerprint density at radius 2 is 1.61 bits per heavy atom. The van der Waals surface area contributed by atoms with Gasteiger partial charge in [0.1, 0.15) is 5.82 Å². The largest absolute Gasteiger partial charge is 0.493 e. The molecule has 6 heteroatoms. The Labute approximate surface area is 220 Å². The molecule has 190 valence electrons. The van der Waals surface area contributed by atoms with Crippen LogP contribution in [0.15, 0.2) is 91.0 Å². The van der Waals surface area contributed by atoms with Gasteiger partial charge in [-0.05, 0) is 71.6 Å². The minimum Gasteiger partial charge on any atom is -0.493 e. The van der Waals surface area contributed by atoms with Crippen LogP contribution < -0.4 is 9.47 Å². The van der Waals surface area contributed by atoms with Crippen molar-refractivity contribution in [1.82, 2.24) is 9.88 Å². The number of rotatable bonds is 7. The normalized spacial score (nSPS) is 14.7. The van der Waals surface area contributed by atoms with Crippen molar-refractivity contribution >= 4 is 16.8 Å². The van der Waals surface area contributed by atoms with Gasteiger partial charge in [-0.3, -0.25) is 4.79 Å². The van der Waals surface area contributed by atoms with Gasteiger partial charge in [0.25, 0.3) is 5.91 Å². The first-order chi connectivity index (χ1) is 18.6. The van der Waals surface area contributed by atoms with Crippen LogP contribution in [-0.4, -0.2) is 36.6 Å². The van der Waals surface area contributed by atoms with Crippen LogP contribution in [0.2, 0.25) is 0 Å². The Balaban J connectivity index is 1.47. The molecule has 4 aromatic carbocycles. The van der Waals surface area contributed by atoms with Gasteiger partial charge in [0.15, 0.2) is 11.5 Å². The number of methoxy groups -OCH3 is 2. The van der Waals surface area contributed by atoms with Crippen molar-refractivity contribution in [3.8, 4) is 22.8 Å². The molecule has 0 fully saturated rings. The van der Waals surface area contributed by atoms with Crippen molar-refractivity contribution in [1.29, 1.82) is 0 Å². The van der Waals surface area contributed by atoms with Gasteiger partial charge in [0, 0.05) is 28.6 Å². The number of nitrogens with zero attached hydrogens (tertiary/aromatic N) is 1. The van der Waals surface area contributed by atoms with E-state index in [1.807, 2.05) is 65.6 Å². The van der Waals surface area contributed by atoms with Crippen molar-refractivity contribution in [3.05, 3.63) is 119 Å². The Hall–Kier alpha value is -4.58. The fourth-order valence-corrected chi connectivity index (χ4v) is 5.49. The molecule has 5 aromatic rings. The molecule has 0 bridgehead atoms. The van der Waals surface area contributed by atoms with Gasteiger partial charge >= 0.3 is 0 Å². The molecule has 38 heavy (non-hydrogen) atoms. The number of halogens is 1. The lowest BCUT2D eigenvalue weighted by Gasteiger charge is -2.27. The number of aromatic amines is 1. The number of H-pyrrole nitrogens is 1. The summed E-state index contributed by atoms with van der Waals surface area (Å²) in [5.41, 5.74) is 6.46. The quantitative estimate of drug-likeness (QED) is 0.265. The van der Waals surface area contributed by atoms with Crippen LogP contribution >= 0.6 is 0 Å². The molecular formula is C32H27FN2O3. The van der Waals surface area contributed by atoms with E-state index in [-0.39, 0.29) is 17.8 Å². The Morgan fingerprint density at radius 1 is 0.868 bits per heavy atom. The number of benzene rings is 4. The summed E-state index contributed by atoms with van der Waals surface area (Å²) in [5, 5.41) is 1.04. The number of amides is 1. The smallest absolute Gasteiger partial charge is 0.255 e. The van der Waals surface area contributed by atoms with Crippen LogP contribution in [0.5, 0.6) is 11.5 Å². The first kappa shape index (κ1) is 23.8. The van der Waals surface area contributed by atoms with Crippen molar-refractivity contribution in [2.24, 2.45) is 0 Å². The molecule has 6 rings (SSSR count). The predicted octanol–water partition coefficient (Wildman–Crippen LogP) is 6.78. The van der Waals surface area contributed by atoms with Gasteiger partial charge in [0.2, 0.25) is 0 Å². The zero-order chi connectivity index (χ0) is 26.2. The van der Waals surface area contributed by atoms with E-state index >= 15 is 0 Å². The average molecular weight is 507 g/mol. The molecule has 2 heterocycles. The number of fused-ring (bicyclic) bond motifs is 2. The molecule has 0 saturated carbocycles. The van der Waals surface area contributed by atoms with E-state index in [9.17, 15) is 9.18 Å². The van der Waals surface area contributed by atoms with Crippen LogP contribution in [0.25, 0.3) is 22.2 Å². The summed E-state index contributed by atoms with van der Waals surface area (Å²) >= 11 is 0. The van der Waals surface area contributed by atoms with E-state index in [2.05, 4.69) is 11.1 Å². The summed E-state index contributed by atoms with van der Waals surface area (Å²) in [7, 11) is 3.23. The molecule has 1 aliphatic heterocycles. The standard InChI is InChI=1S/C32H27FN2O3/c1-37-27-16-11-20(19-28(27)38-2)17-18-35-31(23-7-3-4-8-24(23)32(35)36)29-25-9-5-6-10-26(25)34-30(29)21-12-14-22(33)15-13-21/h3-16,19,31,34H,17-18H2,1-2H3. The van der Waals surface area contributed by atoms with Crippen LogP contribution in [0.1, 0.15) is 33.1 Å². The zero-order valence-electron chi connectivity index (χ0n) is 21.2. The molecule has 1 aliphatic rings. The van der Waals surface area contributed by atoms with E-state index in [0.29, 0.717) is 30.0 Å². The van der Waals surface area contributed by atoms with Crippen LogP contribution in [-0.2, 0) is 6.42 Å². The van der Waals surface area contributed by atoms with Crippen molar-refractivity contribution in [2.45, 2.75) is 12.5 Å². The Morgan fingerprint density at radius 3 is 2.39 bits per heavy atom. The monoisotopic (exact) mass is 506 g/mol. The molecule has 1 atom stereocenters. The second kappa shape index (κ2) is 9.71. The van der Waals surface area contributed by atoms with Gasteiger partial charge in [-0.1, -0.05) is 42.5 Å². The molecule has 0 aliphatic carbocycles. The maximum absolute atomic E-state index is 13.8. The fourth-order valence-electron chi connectivity index (χ4n) is 5.49. The fraction of sp³-hybridized carbons (Fsp3) is 0.156. The molecule has 0 spiro atoms. The SMILES string of the molecule is COc1ccc(CCN2C(=O)c3ccccc3C2c2c(-c3ccc(F)cc3)[nH]c3ccccc23)cc1OC. The second-order valence-corrected chi connectivity index (χ2v) is 9.39. The third-order valence-corrected chi connectivity index (χ3v) is 7.30. The van der Waals surface area contributed by atoms with Crippen molar-refractivity contribution in [2.75, 3.05) is 20.8 Å². The molecule has 1 N–H and O–H groups in total. The van der Waals surface area contributed by atoms with Gasteiger partial charge < -0.3 is 19.4 Å². The molecular weight excluding hydrogens is 479 g/mol. The molecule has 1 unspecified atom stereocenters. The number of para-hydroxylation sites is 1. The first-order valence-corrected chi connectivity index (χ1v) is 12.6. The van der Waals surface area contributed by atoms with E-state index in [1.54, 1.807) is 26.4 Å². The zero-order valence-corrected chi connectivity index (χ0v) is 21.2. The van der Waals surface area contributed by atoms with E-state index < -0.39 is 0 Å². The third-order valence-electron chi connectivity index (χ3n) is 7.30. The summed E-state index contributed by atoms with van der Waals surface area (Å²) in [6.07, 6.45) is 0.644. The highest BCUT2D eigenvalue weighted by Gasteiger charge is 2.39. The summed E-state index contributed by atoms with van der Waals surface area (Å²) in [6.45, 7) is 0.510. The number of hydrogen-bond acceptors (Lipinski definition) is 3. The summed E-state index contributed by atoms with van der Waals surface area (Å²) in [6, 6.07) is 27.9. The molecule has 1 amide bonds. The Kier molecular flexibility index (Phi) is 6.08. The maximum atomic E-state index is 13.8. The molecule has 5 nitrogen and oxygen atoms in total. The van der Waals surface area contributed by atoms with E-state index in [4.69, 9.17) is 9.47 Å². The Bertz CT molecular complexity index is 1640. The van der Waals surface area contributed by atoms with Crippen LogP contribution in [0, 0.1) is 5.82 Å².